The van der Waals surface area contributed by atoms with E-state index in [1.54, 1.807) is 42.6 Å². The lowest BCUT2D eigenvalue weighted by atomic mass is 10.2. The Balaban J connectivity index is 1.78. The molecule has 1 fully saturated rings. The predicted molar refractivity (Wildman–Crippen MR) is 144 cm³/mol. The first kappa shape index (κ1) is 29.4. The highest BCUT2D eigenvalue weighted by atomic mass is 32.1. The van der Waals surface area contributed by atoms with Crippen LogP contribution in [0.3, 0.4) is 0 Å². The maximum Gasteiger partial charge on any atom is 0.405 e. The first-order chi connectivity index (χ1) is 18.5. The molecule has 2 heterocycles. The third-order valence-corrected chi connectivity index (χ3v) is 6.49. The summed E-state index contributed by atoms with van der Waals surface area (Å²) in [5.41, 5.74) is 2.67. The fraction of sp³-hybridized carbons (Fsp3) is 0.304. The average Bonchev–Trinajstić information content (AvgIpc) is 3.19. The number of nitrogens with one attached hydrogen (secondary N) is 5. The molecule has 1 aliphatic rings. The topological polar surface area (TPSA) is 143 Å². The number of amides is 2. The second-order valence-corrected chi connectivity index (χ2v) is 9.37. The molecule has 0 spiro atoms. The molecule has 1 aliphatic heterocycles. The molecule has 16 heteroatoms. The number of hydrogen-bond donors (Lipinski definition) is 5. The Labute approximate surface area is 229 Å². The van der Waals surface area contributed by atoms with Crippen LogP contribution in [0.5, 0.6) is 0 Å². The number of halogens is 3. The second-order valence-electron chi connectivity index (χ2n) is 7.96. The van der Waals surface area contributed by atoms with Gasteiger partial charge in [-0.05, 0) is 37.3 Å². The summed E-state index contributed by atoms with van der Waals surface area (Å²) >= 11 is 5.73. The number of alkyl halides is 3. The van der Waals surface area contributed by atoms with Gasteiger partial charge in [0.25, 0.3) is 11.5 Å². The number of thiocarbonyl (C=S) groups is 1. The number of carbonyl (C=O) groups is 2. The number of anilines is 2. The summed E-state index contributed by atoms with van der Waals surface area (Å²) in [6, 6.07) is 8.36. The Kier molecular flexibility index (Phi) is 9.85. The zero-order valence-corrected chi connectivity index (χ0v) is 22.1. The molecular formula is C23H23F3N8O3S2. The van der Waals surface area contributed by atoms with Gasteiger partial charge >= 0.3 is 6.18 Å². The zero-order chi connectivity index (χ0) is 28.6. The molecule has 2 aromatic rings. The van der Waals surface area contributed by atoms with Crippen molar-refractivity contribution in [1.82, 2.24) is 25.4 Å². The Hall–Kier alpha value is -4.16. The number of aromatic nitrogens is 1. The van der Waals surface area contributed by atoms with E-state index in [9.17, 15) is 32.8 Å². The van der Waals surface area contributed by atoms with Crippen molar-refractivity contribution in [1.29, 1.82) is 5.26 Å². The normalized spacial score (nSPS) is 14.2. The Morgan fingerprint density at radius 1 is 1.26 bits per heavy atom. The lowest BCUT2D eigenvalue weighted by molar-refractivity contribution is -0.135. The highest BCUT2D eigenvalue weighted by Gasteiger charge is 2.29. The molecule has 11 nitrogen and oxygen atoms in total. The van der Waals surface area contributed by atoms with Crippen molar-refractivity contribution in [2.75, 3.05) is 37.1 Å². The fourth-order valence-electron chi connectivity index (χ4n) is 3.31. The molecule has 39 heavy (non-hydrogen) atoms. The van der Waals surface area contributed by atoms with Crippen LogP contribution >= 0.6 is 23.6 Å². The van der Waals surface area contributed by atoms with Gasteiger partial charge < -0.3 is 26.6 Å². The predicted octanol–water partition coefficient (Wildman–Crippen LogP) is -0.0791. The van der Waals surface area contributed by atoms with Gasteiger partial charge in [0.15, 0.2) is 10.7 Å². The average molecular weight is 581 g/mol. The molecule has 1 aromatic heterocycles. The molecular weight excluding hydrogens is 557 g/mol. The summed E-state index contributed by atoms with van der Waals surface area (Å²) in [4.78, 5) is 39.1. The van der Waals surface area contributed by atoms with Gasteiger partial charge in [0.2, 0.25) is 5.91 Å². The molecule has 2 amide bonds. The van der Waals surface area contributed by atoms with Gasteiger partial charge in [-0.3, -0.25) is 23.9 Å². The van der Waals surface area contributed by atoms with Crippen molar-refractivity contribution in [3.63, 3.8) is 0 Å². The van der Waals surface area contributed by atoms with Gasteiger partial charge in [-0.1, -0.05) is 11.8 Å². The molecule has 0 aliphatic carbocycles. The van der Waals surface area contributed by atoms with E-state index in [4.69, 9.17) is 12.2 Å². The van der Waals surface area contributed by atoms with E-state index in [1.165, 1.54) is 6.20 Å². The Bertz CT molecular complexity index is 1510. The van der Waals surface area contributed by atoms with E-state index in [-0.39, 0.29) is 28.2 Å². The van der Waals surface area contributed by atoms with E-state index in [2.05, 4.69) is 27.0 Å². The van der Waals surface area contributed by atoms with Gasteiger partial charge in [-0.25, -0.2) is 0 Å². The molecule has 3 rings (SSSR count). The lowest BCUT2D eigenvalue weighted by Crippen LogP contribution is -2.55. The van der Waals surface area contributed by atoms with Crippen molar-refractivity contribution >= 4 is 63.2 Å². The maximum atomic E-state index is 12.7. The minimum Gasteiger partial charge on any atom is -0.355 e. The van der Waals surface area contributed by atoms with Crippen molar-refractivity contribution < 1.29 is 22.8 Å². The first-order valence-electron chi connectivity index (χ1n) is 11.4. The van der Waals surface area contributed by atoms with E-state index >= 15 is 0 Å². The quantitative estimate of drug-likeness (QED) is 0.271. The van der Waals surface area contributed by atoms with E-state index < -0.39 is 29.8 Å². The summed E-state index contributed by atoms with van der Waals surface area (Å²) in [5.74, 6) is -1.47. The lowest BCUT2D eigenvalue weighted by Gasteiger charge is -2.28. The molecule has 0 radical (unpaired) electrons. The molecule has 1 saturated heterocycles. The van der Waals surface area contributed by atoms with Crippen LogP contribution in [0.4, 0.5) is 24.5 Å². The number of thiazole rings is 1. The van der Waals surface area contributed by atoms with Crippen LogP contribution in [0.25, 0.3) is 11.3 Å². The van der Waals surface area contributed by atoms with Crippen molar-refractivity contribution in [2.24, 2.45) is 0 Å². The number of hydrogen-bond acceptors (Lipinski definition) is 8. The standard InChI is InChI=1S/C23H23F3N8O3S2/c1-2-34-20(37)17(39-21(34)16(9-27)19(36)29-11-23(24,25)26)6-7-28-14-4-3-5-15(8-14)32-18(35)10-33-12-30-22(38)31-13-33/h3-5,7-8,28H,2,10-13H2,1H3,(H,29,36)(H,32,35)(H2,30,31,38)/b21-16-. The van der Waals surface area contributed by atoms with Gasteiger partial charge in [0.05, 0.1) is 19.9 Å². The van der Waals surface area contributed by atoms with Gasteiger partial charge in [-0.15, -0.1) is 11.3 Å². The summed E-state index contributed by atoms with van der Waals surface area (Å²) in [7, 11) is 0. The largest absolute Gasteiger partial charge is 0.405 e. The van der Waals surface area contributed by atoms with Crippen LogP contribution in [0, 0.1) is 11.3 Å². The molecule has 0 saturated carbocycles. The molecule has 0 unspecified atom stereocenters. The number of rotatable bonds is 8. The number of nitriles is 1. The summed E-state index contributed by atoms with van der Waals surface area (Å²) in [6.07, 6.45) is -3.32. The fourth-order valence-corrected chi connectivity index (χ4v) is 4.51. The maximum absolute atomic E-state index is 12.7. The molecule has 206 valence electrons. The highest BCUT2D eigenvalue weighted by molar-refractivity contribution is 7.80. The minimum atomic E-state index is -4.65. The van der Waals surface area contributed by atoms with Crippen LogP contribution in [-0.2, 0) is 16.1 Å². The third kappa shape index (κ3) is 8.42. The van der Waals surface area contributed by atoms with Crippen LogP contribution in [0.15, 0.2) is 35.3 Å². The third-order valence-electron chi connectivity index (χ3n) is 5.08. The van der Waals surface area contributed by atoms with Crippen LogP contribution in [0.2, 0.25) is 0 Å². The Morgan fingerprint density at radius 2 is 1.95 bits per heavy atom. The second kappa shape index (κ2) is 13.1. The van der Waals surface area contributed by atoms with Crippen LogP contribution < -0.4 is 41.3 Å². The number of nitrogens with zero attached hydrogens (tertiary/aromatic N) is 3. The van der Waals surface area contributed by atoms with Crippen LogP contribution in [0.1, 0.15) is 6.92 Å². The molecule has 0 atom stereocenters. The summed E-state index contributed by atoms with van der Waals surface area (Å²) < 4.78 is 38.5. The number of benzene rings is 1. The van der Waals surface area contributed by atoms with Crippen LogP contribution in [-0.4, -0.2) is 59.0 Å². The highest BCUT2D eigenvalue weighted by Crippen LogP contribution is 2.15. The molecule has 5 N–H and O–H groups in total. The smallest absolute Gasteiger partial charge is 0.355 e. The molecule has 1 aromatic carbocycles. The van der Waals surface area contributed by atoms with E-state index in [0.29, 0.717) is 29.8 Å². The zero-order valence-electron chi connectivity index (χ0n) is 20.4. The van der Waals surface area contributed by atoms with Crippen molar-refractivity contribution in [3.05, 3.63) is 50.0 Å². The minimum absolute atomic E-state index is 0.0309. The first-order valence-corrected chi connectivity index (χ1v) is 12.6. The molecule has 0 bridgehead atoms. The SMILES string of the molecule is CCn1c(=O)c(=C=CNc2cccc(NC(=O)CN3CNC(=S)NC3)c2)s/c1=C(/C#N)C(=O)NCC(F)(F)F. The number of carbonyl (C=O) groups excluding carboxylic acids is 2. The summed E-state index contributed by atoms with van der Waals surface area (Å²) in [5, 5.41) is 23.1. The van der Waals surface area contributed by atoms with Gasteiger partial charge in [0, 0.05) is 24.1 Å². The Morgan fingerprint density at radius 3 is 2.59 bits per heavy atom. The monoisotopic (exact) mass is 580 g/mol. The van der Waals surface area contributed by atoms with Gasteiger partial charge in [0.1, 0.15) is 21.8 Å². The van der Waals surface area contributed by atoms with Crippen molar-refractivity contribution in [2.45, 2.75) is 19.6 Å². The van der Waals surface area contributed by atoms with E-state index in [1.807, 2.05) is 4.90 Å². The van der Waals surface area contributed by atoms with E-state index in [0.717, 1.165) is 15.9 Å². The summed E-state index contributed by atoms with van der Waals surface area (Å²) in [6.45, 7) is 1.08. The van der Waals surface area contributed by atoms with Gasteiger partial charge in [-0.2, -0.15) is 18.4 Å². The van der Waals surface area contributed by atoms with Crippen molar-refractivity contribution in [3.8, 4) is 6.07 Å².